The summed E-state index contributed by atoms with van der Waals surface area (Å²) in [6.07, 6.45) is 8.75. The number of aldehydes is 1. The second kappa shape index (κ2) is 13.1. The molecule has 118 valence electrons. The lowest BCUT2D eigenvalue weighted by Crippen LogP contribution is -2.38. The zero-order valence-corrected chi connectivity index (χ0v) is 13.4. The smallest absolute Gasteiger partial charge is 0.221 e. The van der Waals surface area contributed by atoms with Crippen LogP contribution in [0.5, 0.6) is 0 Å². The fraction of sp³-hybridized carbons (Fsp3) is 0.875. The lowest BCUT2D eigenvalue weighted by Gasteiger charge is -2.15. The summed E-state index contributed by atoms with van der Waals surface area (Å²) in [5.41, 5.74) is 0. The minimum atomic E-state index is -0.152. The zero-order valence-electron chi connectivity index (χ0n) is 13.4. The first kappa shape index (κ1) is 19.1. The van der Waals surface area contributed by atoms with E-state index in [1.165, 1.54) is 32.1 Å². The summed E-state index contributed by atoms with van der Waals surface area (Å²) in [6, 6.07) is -0.152. The van der Waals surface area contributed by atoms with Gasteiger partial charge < -0.3 is 15.4 Å². The Morgan fingerprint density at radius 3 is 2.30 bits per heavy atom. The van der Waals surface area contributed by atoms with Crippen molar-refractivity contribution in [2.24, 2.45) is 5.92 Å². The van der Waals surface area contributed by atoms with Crippen LogP contribution in [-0.2, 0) is 9.59 Å². The lowest BCUT2D eigenvalue weighted by molar-refractivity contribution is -0.121. The molecular weight excluding hydrogens is 252 g/mol. The Balaban J connectivity index is 3.43. The molecule has 4 nitrogen and oxygen atoms in total. The van der Waals surface area contributed by atoms with Crippen molar-refractivity contribution in [2.75, 3.05) is 13.1 Å². The van der Waals surface area contributed by atoms with Gasteiger partial charge in [-0.3, -0.25) is 4.79 Å². The molecule has 0 fully saturated rings. The summed E-state index contributed by atoms with van der Waals surface area (Å²) >= 11 is 0. The molecule has 0 spiro atoms. The Morgan fingerprint density at radius 2 is 1.70 bits per heavy atom. The summed E-state index contributed by atoms with van der Waals surface area (Å²) in [5.74, 6) is 0.332. The first-order valence-corrected chi connectivity index (χ1v) is 8.07. The van der Waals surface area contributed by atoms with E-state index in [1.807, 2.05) is 13.8 Å². The van der Waals surface area contributed by atoms with Gasteiger partial charge in [0, 0.05) is 19.5 Å². The average Bonchev–Trinajstić information content (AvgIpc) is 2.42. The van der Waals surface area contributed by atoms with Gasteiger partial charge in [0.2, 0.25) is 5.91 Å². The highest BCUT2D eigenvalue weighted by molar-refractivity contribution is 5.76. The highest BCUT2D eigenvalue weighted by atomic mass is 16.1. The maximum absolute atomic E-state index is 11.6. The zero-order chi connectivity index (χ0) is 15.2. The quantitative estimate of drug-likeness (QED) is 0.404. The molecule has 0 heterocycles. The van der Waals surface area contributed by atoms with E-state index in [4.69, 9.17) is 0 Å². The van der Waals surface area contributed by atoms with Gasteiger partial charge in [0.1, 0.15) is 6.29 Å². The Hall–Kier alpha value is -0.900. The molecule has 0 aromatic heterocycles. The topological polar surface area (TPSA) is 58.2 Å². The van der Waals surface area contributed by atoms with Crippen LogP contribution in [0.25, 0.3) is 0 Å². The minimum Gasteiger partial charge on any atom is -0.356 e. The molecule has 0 aromatic carbocycles. The molecule has 0 saturated heterocycles. The molecule has 1 amide bonds. The standard InChI is InChI=1S/C16H32N2O2/c1-4-5-6-7-8-9-11-18-16(20)10-12-17-15(13-19)14(2)3/h13-15,17H,4-12H2,1-3H3,(H,18,20)/t15-/m1/s1. The average molecular weight is 284 g/mol. The normalized spacial score (nSPS) is 12.4. The second-order valence-electron chi connectivity index (χ2n) is 5.73. The van der Waals surface area contributed by atoms with Crippen molar-refractivity contribution in [1.29, 1.82) is 0 Å². The van der Waals surface area contributed by atoms with Crippen molar-refractivity contribution >= 4 is 12.2 Å². The van der Waals surface area contributed by atoms with Crippen LogP contribution in [-0.4, -0.2) is 31.3 Å². The summed E-state index contributed by atoms with van der Waals surface area (Å²) in [6.45, 7) is 7.52. The lowest BCUT2D eigenvalue weighted by atomic mass is 10.1. The van der Waals surface area contributed by atoms with Gasteiger partial charge >= 0.3 is 0 Å². The van der Waals surface area contributed by atoms with Gasteiger partial charge in [0.25, 0.3) is 0 Å². The molecule has 1 atom stereocenters. The van der Waals surface area contributed by atoms with E-state index >= 15 is 0 Å². The van der Waals surface area contributed by atoms with Gasteiger partial charge in [-0.25, -0.2) is 0 Å². The van der Waals surface area contributed by atoms with Crippen LogP contribution < -0.4 is 10.6 Å². The number of carbonyl (C=O) groups is 2. The molecule has 2 N–H and O–H groups in total. The number of rotatable bonds is 13. The van der Waals surface area contributed by atoms with Gasteiger partial charge in [-0.15, -0.1) is 0 Å². The predicted molar refractivity (Wildman–Crippen MR) is 83.7 cm³/mol. The molecule has 0 aliphatic rings. The van der Waals surface area contributed by atoms with Crippen molar-refractivity contribution in [3.63, 3.8) is 0 Å². The summed E-state index contributed by atoms with van der Waals surface area (Å²) in [4.78, 5) is 22.4. The highest BCUT2D eigenvalue weighted by Gasteiger charge is 2.11. The maximum Gasteiger partial charge on any atom is 0.221 e. The minimum absolute atomic E-state index is 0.0689. The molecule has 0 unspecified atom stereocenters. The van der Waals surface area contributed by atoms with E-state index < -0.39 is 0 Å². The van der Waals surface area contributed by atoms with Crippen molar-refractivity contribution < 1.29 is 9.59 Å². The largest absolute Gasteiger partial charge is 0.356 e. The van der Waals surface area contributed by atoms with Crippen LogP contribution in [0.15, 0.2) is 0 Å². The Kier molecular flexibility index (Phi) is 12.5. The monoisotopic (exact) mass is 284 g/mol. The molecule has 0 radical (unpaired) electrons. The molecule has 20 heavy (non-hydrogen) atoms. The number of hydrogen-bond acceptors (Lipinski definition) is 3. The number of carbonyl (C=O) groups excluding carboxylic acids is 2. The van der Waals surface area contributed by atoms with Crippen molar-refractivity contribution in [2.45, 2.75) is 71.8 Å². The highest BCUT2D eigenvalue weighted by Crippen LogP contribution is 2.04. The van der Waals surface area contributed by atoms with Crippen LogP contribution >= 0.6 is 0 Å². The Labute approximate surface area is 124 Å². The Morgan fingerprint density at radius 1 is 1.05 bits per heavy atom. The molecule has 0 bridgehead atoms. The fourth-order valence-electron chi connectivity index (χ4n) is 2.01. The van der Waals surface area contributed by atoms with Crippen molar-refractivity contribution in [3.8, 4) is 0 Å². The van der Waals surface area contributed by atoms with Gasteiger partial charge in [-0.05, 0) is 12.3 Å². The van der Waals surface area contributed by atoms with Gasteiger partial charge in [-0.2, -0.15) is 0 Å². The van der Waals surface area contributed by atoms with Crippen LogP contribution in [0.3, 0.4) is 0 Å². The van der Waals surface area contributed by atoms with Crippen LogP contribution in [0.2, 0.25) is 0 Å². The molecule has 0 aromatic rings. The predicted octanol–water partition coefficient (Wildman–Crippen LogP) is 2.67. The molecule has 0 rings (SSSR count). The number of nitrogens with one attached hydrogen (secondary N) is 2. The molecular formula is C16H32N2O2. The number of amides is 1. The molecule has 4 heteroatoms. The van der Waals surface area contributed by atoms with E-state index in [1.54, 1.807) is 0 Å². The Bertz CT molecular complexity index is 255. The van der Waals surface area contributed by atoms with E-state index in [2.05, 4.69) is 17.6 Å². The van der Waals surface area contributed by atoms with Crippen LogP contribution in [0, 0.1) is 5.92 Å². The van der Waals surface area contributed by atoms with Gasteiger partial charge in [-0.1, -0.05) is 52.9 Å². The fourth-order valence-corrected chi connectivity index (χ4v) is 2.01. The number of hydrogen-bond donors (Lipinski definition) is 2. The van der Waals surface area contributed by atoms with E-state index in [-0.39, 0.29) is 17.9 Å². The van der Waals surface area contributed by atoms with Crippen LogP contribution in [0.4, 0.5) is 0 Å². The first-order valence-electron chi connectivity index (χ1n) is 8.07. The summed E-state index contributed by atoms with van der Waals surface area (Å²) < 4.78 is 0. The van der Waals surface area contributed by atoms with E-state index in [0.717, 1.165) is 19.3 Å². The third kappa shape index (κ3) is 11.0. The first-order chi connectivity index (χ1) is 9.61. The SMILES string of the molecule is CCCCCCCCNC(=O)CCN[C@H](C=O)C(C)C. The molecule has 0 aliphatic heterocycles. The van der Waals surface area contributed by atoms with Crippen molar-refractivity contribution in [1.82, 2.24) is 10.6 Å². The van der Waals surface area contributed by atoms with Gasteiger partial charge in [0.15, 0.2) is 0 Å². The number of unbranched alkanes of at least 4 members (excludes halogenated alkanes) is 5. The summed E-state index contributed by atoms with van der Waals surface area (Å²) in [5, 5.41) is 6.02. The maximum atomic E-state index is 11.6. The third-order valence-corrected chi connectivity index (χ3v) is 3.45. The van der Waals surface area contributed by atoms with E-state index in [0.29, 0.717) is 13.0 Å². The second-order valence-corrected chi connectivity index (χ2v) is 5.73. The molecule has 0 saturated carbocycles. The van der Waals surface area contributed by atoms with Crippen molar-refractivity contribution in [3.05, 3.63) is 0 Å². The van der Waals surface area contributed by atoms with Crippen LogP contribution in [0.1, 0.15) is 65.7 Å². The van der Waals surface area contributed by atoms with Gasteiger partial charge in [0.05, 0.1) is 6.04 Å². The molecule has 0 aliphatic carbocycles. The summed E-state index contributed by atoms with van der Waals surface area (Å²) in [7, 11) is 0. The third-order valence-electron chi connectivity index (χ3n) is 3.45. The van der Waals surface area contributed by atoms with E-state index in [9.17, 15) is 9.59 Å².